The summed E-state index contributed by atoms with van der Waals surface area (Å²) in [5.74, 6) is 0. The van der Waals surface area contributed by atoms with E-state index < -0.39 is 0 Å². The van der Waals surface area contributed by atoms with E-state index in [-0.39, 0.29) is 0 Å². The molecule has 0 amide bonds. The molecule has 2 aromatic carbocycles. The van der Waals surface area contributed by atoms with Gasteiger partial charge in [0.2, 0.25) is 0 Å². The van der Waals surface area contributed by atoms with Crippen molar-refractivity contribution in [3.05, 3.63) is 53.6 Å². The highest BCUT2D eigenvalue weighted by molar-refractivity contribution is 5.87. The van der Waals surface area contributed by atoms with E-state index in [0.717, 1.165) is 6.42 Å². The van der Waals surface area contributed by atoms with Gasteiger partial charge < -0.3 is 0 Å². The fourth-order valence-corrected chi connectivity index (χ4v) is 2.01. The largest absolute Gasteiger partial charge is 0.0840 e. The molecule has 0 aromatic heterocycles. The van der Waals surface area contributed by atoms with Gasteiger partial charge >= 0.3 is 0 Å². The van der Waals surface area contributed by atoms with Gasteiger partial charge in [0, 0.05) is 0 Å². The second-order valence-electron chi connectivity index (χ2n) is 4.25. The van der Waals surface area contributed by atoms with Crippen molar-refractivity contribution < 1.29 is 0 Å². The smallest absolute Gasteiger partial charge is 0.0154 e. The van der Waals surface area contributed by atoms with Gasteiger partial charge in [0.1, 0.15) is 0 Å². The predicted octanol–water partition coefficient (Wildman–Crippen LogP) is 4.96. The molecule has 0 heterocycles. The van der Waals surface area contributed by atoms with Crippen LogP contribution in [0.5, 0.6) is 0 Å². The van der Waals surface area contributed by atoms with E-state index in [4.69, 9.17) is 0 Å². The number of hydrogen-bond acceptors (Lipinski definition) is 0. The molecule has 0 radical (unpaired) electrons. The van der Waals surface area contributed by atoms with Crippen molar-refractivity contribution in [2.24, 2.45) is 0 Å². The zero-order valence-electron chi connectivity index (χ0n) is 10.0. The van der Waals surface area contributed by atoms with E-state index in [1.807, 2.05) is 0 Å². The van der Waals surface area contributed by atoms with Gasteiger partial charge in [-0.15, -0.1) is 0 Å². The normalized spacial score (nSPS) is 11.4. The van der Waals surface area contributed by atoms with Crippen LogP contribution in [0.3, 0.4) is 0 Å². The molecule has 0 atom stereocenters. The molecule has 2 rings (SSSR count). The Morgan fingerprint density at radius 2 is 1.94 bits per heavy atom. The van der Waals surface area contributed by atoms with Crippen LogP contribution in [0, 0.1) is 6.92 Å². The van der Waals surface area contributed by atoms with Crippen LogP contribution in [0.4, 0.5) is 0 Å². The first kappa shape index (κ1) is 10.9. The summed E-state index contributed by atoms with van der Waals surface area (Å²) < 4.78 is 0. The van der Waals surface area contributed by atoms with Crippen molar-refractivity contribution in [3.63, 3.8) is 0 Å². The molecular weight excluding hydrogens is 192 g/mol. The van der Waals surface area contributed by atoms with Crippen LogP contribution >= 0.6 is 0 Å². The highest BCUT2D eigenvalue weighted by Gasteiger charge is 1.97. The molecule has 0 nitrogen and oxygen atoms in total. The van der Waals surface area contributed by atoms with Crippen molar-refractivity contribution in [3.8, 4) is 0 Å². The molecule has 0 saturated heterocycles. The van der Waals surface area contributed by atoms with Crippen LogP contribution < -0.4 is 0 Å². The first-order valence-electron chi connectivity index (χ1n) is 5.97. The fourth-order valence-electron chi connectivity index (χ4n) is 2.01. The van der Waals surface area contributed by atoms with E-state index in [2.05, 4.69) is 62.4 Å². The molecule has 0 aliphatic heterocycles. The number of aryl methyl sites for hydroxylation is 1. The maximum atomic E-state index is 2.26. The third-order valence-electron chi connectivity index (χ3n) is 2.86. The van der Waals surface area contributed by atoms with Gasteiger partial charge in [-0.2, -0.15) is 0 Å². The Morgan fingerprint density at radius 3 is 2.75 bits per heavy atom. The number of hydrogen-bond donors (Lipinski definition) is 0. The van der Waals surface area contributed by atoms with Gasteiger partial charge in [0.05, 0.1) is 0 Å². The molecule has 0 fully saturated rings. The topological polar surface area (TPSA) is 0 Å². The summed E-state index contributed by atoms with van der Waals surface area (Å²) in [5.41, 5.74) is 2.67. The van der Waals surface area contributed by atoms with Crippen molar-refractivity contribution >= 4 is 16.8 Å². The van der Waals surface area contributed by atoms with Crippen LogP contribution in [0.1, 0.15) is 30.9 Å². The maximum absolute atomic E-state index is 2.26. The Balaban J connectivity index is 2.42. The molecule has 0 N–H and O–H groups in total. The molecule has 0 aliphatic carbocycles. The number of rotatable bonds is 3. The lowest BCUT2D eigenvalue weighted by atomic mass is 10.0. The highest BCUT2D eigenvalue weighted by atomic mass is 14.0. The second-order valence-corrected chi connectivity index (χ2v) is 4.25. The predicted molar refractivity (Wildman–Crippen MR) is 72.6 cm³/mol. The van der Waals surface area contributed by atoms with Gasteiger partial charge in [-0.3, -0.25) is 0 Å². The van der Waals surface area contributed by atoms with E-state index in [0.29, 0.717) is 0 Å². The monoisotopic (exact) mass is 210 g/mol. The van der Waals surface area contributed by atoms with Crippen LogP contribution in [0.15, 0.2) is 42.5 Å². The van der Waals surface area contributed by atoms with Gasteiger partial charge in [-0.25, -0.2) is 0 Å². The van der Waals surface area contributed by atoms with E-state index in [1.165, 1.54) is 28.3 Å². The molecule has 0 aliphatic rings. The highest BCUT2D eigenvalue weighted by Crippen LogP contribution is 2.21. The summed E-state index contributed by atoms with van der Waals surface area (Å²) in [7, 11) is 0. The molecule has 16 heavy (non-hydrogen) atoms. The Bertz CT molecular complexity index is 506. The third kappa shape index (κ3) is 2.33. The Labute approximate surface area is 97.6 Å². The molecule has 0 bridgehead atoms. The fraction of sp³-hybridized carbons (Fsp3) is 0.250. The van der Waals surface area contributed by atoms with E-state index in [9.17, 15) is 0 Å². The SMILES string of the molecule is CCC/C=C/c1cc(C)c2ccccc2c1. The second kappa shape index (κ2) is 4.98. The van der Waals surface area contributed by atoms with Gasteiger partial charge in [0.15, 0.2) is 0 Å². The van der Waals surface area contributed by atoms with Crippen LogP contribution in [-0.2, 0) is 0 Å². The van der Waals surface area contributed by atoms with Crippen molar-refractivity contribution in [1.82, 2.24) is 0 Å². The average Bonchev–Trinajstić information content (AvgIpc) is 2.30. The minimum absolute atomic E-state index is 1.16. The molecule has 0 spiro atoms. The molecule has 2 aromatic rings. The first-order chi connectivity index (χ1) is 7.81. The summed E-state index contributed by atoms with van der Waals surface area (Å²) in [6.07, 6.45) is 6.85. The lowest BCUT2D eigenvalue weighted by Crippen LogP contribution is -1.81. The van der Waals surface area contributed by atoms with Crippen LogP contribution in [0.2, 0.25) is 0 Å². The number of fused-ring (bicyclic) bond motifs is 1. The van der Waals surface area contributed by atoms with Crippen molar-refractivity contribution in [2.45, 2.75) is 26.7 Å². The van der Waals surface area contributed by atoms with E-state index in [1.54, 1.807) is 0 Å². The maximum Gasteiger partial charge on any atom is -0.0154 e. The Kier molecular flexibility index (Phi) is 3.40. The third-order valence-corrected chi connectivity index (χ3v) is 2.86. The number of allylic oxidation sites excluding steroid dienone is 1. The summed E-state index contributed by atoms with van der Waals surface area (Å²) in [6, 6.07) is 13.1. The Hall–Kier alpha value is -1.56. The summed E-state index contributed by atoms with van der Waals surface area (Å²) in [4.78, 5) is 0. The molecule has 82 valence electrons. The average molecular weight is 210 g/mol. The zero-order valence-corrected chi connectivity index (χ0v) is 10.0. The number of benzene rings is 2. The molecular formula is C16H18. The minimum Gasteiger partial charge on any atom is -0.0840 e. The van der Waals surface area contributed by atoms with Crippen molar-refractivity contribution in [2.75, 3.05) is 0 Å². The standard InChI is InChI=1S/C16H18/c1-3-4-5-8-14-11-13(2)16-10-7-6-9-15(16)12-14/h5-12H,3-4H2,1-2H3/b8-5+. The van der Waals surface area contributed by atoms with Gasteiger partial charge in [-0.05, 0) is 41.3 Å². The molecule has 0 saturated carbocycles. The minimum atomic E-state index is 1.16. The van der Waals surface area contributed by atoms with Crippen LogP contribution in [-0.4, -0.2) is 0 Å². The van der Waals surface area contributed by atoms with Crippen molar-refractivity contribution in [1.29, 1.82) is 0 Å². The lowest BCUT2D eigenvalue weighted by molar-refractivity contribution is 0.962. The summed E-state index contributed by atoms with van der Waals surface area (Å²) in [6.45, 7) is 4.38. The van der Waals surface area contributed by atoms with Gasteiger partial charge in [0.25, 0.3) is 0 Å². The lowest BCUT2D eigenvalue weighted by Gasteiger charge is -2.04. The first-order valence-corrected chi connectivity index (χ1v) is 5.97. The summed E-state index contributed by atoms with van der Waals surface area (Å²) in [5, 5.41) is 2.69. The Morgan fingerprint density at radius 1 is 1.12 bits per heavy atom. The quantitative estimate of drug-likeness (QED) is 0.671. The van der Waals surface area contributed by atoms with Gasteiger partial charge in [-0.1, -0.05) is 55.8 Å². The van der Waals surface area contributed by atoms with Crippen LogP contribution in [0.25, 0.3) is 16.8 Å². The molecule has 0 unspecified atom stereocenters. The molecule has 0 heteroatoms. The zero-order chi connectivity index (χ0) is 11.4. The van der Waals surface area contributed by atoms with E-state index >= 15 is 0 Å². The number of unbranched alkanes of at least 4 members (excludes halogenated alkanes) is 1. The summed E-state index contributed by atoms with van der Waals surface area (Å²) >= 11 is 0.